The molecule has 1 aliphatic heterocycles. The number of nitrogens with one attached hydrogen (secondary N) is 1. The fourth-order valence-electron chi connectivity index (χ4n) is 2.23. The van der Waals surface area contributed by atoms with E-state index in [9.17, 15) is 0 Å². The van der Waals surface area contributed by atoms with Crippen LogP contribution in [0.4, 0.5) is 0 Å². The minimum atomic E-state index is 0.500. The maximum absolute atomic E-state index is 3.43. The van der Waals surface area contributed by atoms with Gasteiger partial charge in [0.05, 0.1) is 0 Å². The highest BCUT2D eigenvalue weighted by atomic mass is 15.2. The van der Waals surface area contributed by atoms with Crippen molar-refractivity contribution in [1.82, 2.24) is 10.2 Å². The van der Waals surface area contributed by atoms with Gasteiger partial charge < -0.3 is 10.2 Å². The average molecular weight is 200 g/mol. The molecule has 1 fully saturated rings. The van der Waals surface area contributed by atoms with E-state index >= 15 is 0 Å². The van der Waals surface area contributed by atoms with E-state index in [-0.39, 0.29) is 0 Å². The summed E-state index contributed by atoms with van der Waals surface area (Å²) >= 11 is 0. The number of rotatable bonds is 3. The zero-order valence-corrected chi connectivity index (χ0v) is 10.7. The second kappa shape index (κ2) is 7.24. The second-order valence-corrected chi connectivity index (χ2v) is 3.84. The lowest BCUT2D eigenvalue weighted by Gasteiger charge is -2.44. The molecule has 0 aromatic heterocycles. The monoisotopic (exact) mass is 200 g/mol. The highest BCUT2D eigenvalue weighted by molar-refractivity contribution is 4.91. The molecule has 0 unspecified atom stereocenters. The van der Waals surface area contributed by atoms with E-state index in [2.05, 4.69) is 31.1 Å². The van der Waals surface area contributed by atoms with E-state index < -0.39 is 0 Å². The third kappa shape index (κ3) is 3.25. The Hall–Kier alpha value is -0.0800. The van der Waals surface area contributed by atoms with Crippen molar-refractivity contribution in [2.24, 2.45) is 0 Å². The largest absolute Gasteiger partial charge is 0.317 e. The van der Waals surface area contributed by atoms with Crippen LogP contribution < -0.4 is 5.32 Å². The van der Waals surface area contributed by atoms with Crippen LogP contribution in [0.5, 0.6) is 0 Å². The predicted octanol–water partition coefficient (Wildman–Crippen LogP) is 2.50. The molecule has 0 amide bonds. The molecular weight excluding hydrogens is 172 g/mol. The lowest BCUT2D eigenvalue weighted by atomic mass is 9.84. The van der Waals surface area contributed by atoms with Crippen molar-refractivity contribution >= 4 is 0 Å². The van der Waals surface area contributed by atoms with Gasteiger partial charge in [0.2, 0.25) is 0 Å². The van der Waals surface area contributed by atoms with Crippen LogP contribution in [0.3, 0.4) is 0 Å². The van der Waals surface area contributed by atoms with Crippen molar-refractivity contribution in [2.75, 3.05) is 26.7 Å². The summed E-state index contributed by atoms with van der Waals surface area (Å²) < 4.78 is 0. The van der Waals surface area contributed by atoms with E-state index in [1.807, 2.05) is 13.8 Å². The molecule has 1 heterocycles. The molecule has 0 aromatic carbocycles. The maximum atomic E-state index is 3.43. The first-order chi connectivity index (χ1) is 6.75. The first-order valence-electron chi connectivity index (χ1n) is 6.17. The third-order valence-electron chi connectivity index (χ3n) is 3.48. The van der Waals surface area contributed by atoms with Gasteiger partial charge in [0.15, 0.2) is 0 Å². The average Bonchev–Trinajstić information content (AvgIpc) is 2.31. The Bertz CT molecular complexity index is 128. The molecule has 0 radical (unpaired) electrons. The molecule has 1 saturated heterocycles. The van der Waals surface area contributed by atoms with Crippen LogP contribution in [-0.4, -0.2) is 37.1 Å². The summed E-state index contributed by atoms with van der Waals surface area (Å²) in [4.78, 5) is 2.52. The molecule has 14 heavy (non-hydrogen) atoms. The first-order valence-corrected chi connectivity index (χ1v) is 6.17. The van der Waals surface area contributed by atoms with Gasteiger partial charge in [-0.2, -0.15) is 0 Å². The molecule has 1 N–H and O–H groups in total. The molecule has 0 aliphatic carbocycles. The zero-order valence-electron chi connectivity index (χ0n) is 10.7. The van der Waals surface area contributed by atoms with Crippen molar-refractivity contribution in [3.8, 4) is 0 Å². The van der Waals surface area contributed by atoms with E-state index in [1.54, 1.807) is 0 Å². The van der Waals surface area contributed by atoms with Crippen molar-refractivity contribution in [3.63, 3.8) is 0 Å². The summed E-state index contributed by atoms with van der Waals surface area (Å²) in [6.07, 6.45) is 3.92. The van der Waals surface area contributed by atoms with Crippen LogP contribution in [0.25, 0.3) is 0 Å². The Morgan fingerprint density at radius 3 is 2.00 bits per heavy atom. The molecule has 0 aromatic rings. The van der Waals surface area contributed by atoms with Crippen LogP contribution in [0.2, 0.25) is 0 Å². The van der Waals surface area contributed by atoms with Gasteiger partial charge in [0.25, 0.3) is 0 Å². The Morgan fingerprint density at radius 2 is 1.64 bits per heavy atom. The minimum Gasteiger partial charge on any atom is -0.317 e. The van der Waals surface area contributed by atoms with E-state index in [4.69, 9.17) is 0 Å². The summed E-state index contributed by atoms with van der Waals surface area (Å²) in [5.41, 5.74) is 0.500. The number of nitrogens with zero attached hydrogens (tertiary/aromatic N) is 1. The molecule has 2 heteroatoms. The third-order valence-corrected chi connectivity index (χ3v) is 3.48. The van der Waals surface area contributed by atoms with Gasteiger partial charge in [-0.05, 0) is 45.9 Å². The van der Waals surface area contributed by atoms with Crippen LogP contribution in [-0.2, 0) is 0 Å². The molecule has 2 nitrogen and oxygen atoms in total. The zero-order chi connectivity index (χ0) is 11.0. The van der Waals surface area contributed by atoms with Gasteiger partial charge in [-0.15, -0.1) is 0 Å². The van der Waals surface area contributed by atoms with Gasteiger partial charge >= 0.3 is 0 Å². The Labute approximate surface area is 90.1 Å². The van der Waals surface area contributed by atoms with Gasteiger partial charge in [-0.1, -0.05) is 27.7 Å². The summed E-state index contributed by atoms with van der Waals surface area (Å²) in [7, 11) is 2.26. The van der Waals surface area contributed by atoms with Gasteiger partial charge in [0.1, 0.15) is 0 Å². The molecule has 0 bridgehead atoms. The fraction of sp³-hybridized carbons (Fsp3) is 1.00. The number of hydrogen-bond acceptors (Lipinski definition) is 2. The topological polar surface area (TPSA) is 15.3 Å². The van der Waals surface area contributed by atoms with Gasteiger partial charge in [-0.25, -0.2) is 0 Å². The van der Waals surface area contributed by atoms with E-state index in [0.29, 0.717) is 5.54 Å². The van der Waals surface area contributed by atoms with Crippen molar-refractivity contribution in [3.05, 3.63) is 0 Å². The highest BCUT2D eigenvalue weighted by Crippen LogP contribution is 2.27. The number of piperidine rings is 1. The molecule has 0 spiro atoms. The standard InChI is InChI=1S/C10H22N2.C2H6/c1-4-10(12(3)5-2)6-8-11-9-7-10;1-2/h11H,4-9H2,1-3H3;1-2H3. The van der Waals surface area contributed by atoms with Crippen molar-refractivity contribution < 1.29 is 0 Å². The SMILES string of the molecule is CC.CCN(C)C1(CC)CCNCC1. The van der Waals surface area contributed by atoms with Crippen molar-refractivity contribution in [1.29, 1.82) is 0 Å². The lowest BCUT2D eigenvalue weighted by molar-refractivity contribution is 0.0830. The normalized spacial score (nSPS) is 20.1. The summed E-state index contributed by atoms with van der Waals surface area (Å²) in [5, 5.41) is 3.43. The van der Waals surface area contributed by atoms with Gasteiger partial charge in [0, 0.05) is 5.54 Å². The first kappa shape index (κ1) is 13.9. The second-order valence-electron chi connectivity index (χ2n) is 3.84. The summed E-state index contributed by atoms with van der Waals surface area (Å²) in [6.45, 7) is 12.1. The smallest absolute Gasteiger partial charge is 0.0228 e. The maximum Gasteiger partial charge on any atom is 0.0228 e. The summed E-state index contributed by atoms with van der Waals surface area (Å²) in [6, 6.07) is 0. The van der Waals surface area contributed by atoms with Crippen LogP contribution in [0.15, 0.2) is 0 Å². The Kier molecular flexibility index (Phi) is 7.20. The highest BCUT2D eigenvalue weighted by Gasteiger charge is 2.32. The molecular formula is C12H28N2. The van der Waals surface area contributed by atoms with E-state index in [0.717, 1.165) is 0 Å². The van der Waals surface area contributed by atoms with E-state index in [1.165, 1.54) is 38.9 Å². The molecule has 86 valence electrons. The fourth-order valence-corrected chi connectivity index (χ4v) is 2.23. The van der Waals surface area contributed by atoms with Crippen LogP contribution in [0, 0.1) is 0 Å². The lowest BCUT2D eigenvalue weighted by Crippen LogP contribution is -2.52. The number of hydrogen-bond donors (Lipinski definition) is 1. The van der Waals surface area contributed by atoms with Crippen molar-refractivity contribution in [2.45, 2.75) is 52.5 Å². The minimum absolute atomic E-state index is 0.500. The summed E-state index contributed by atoms with van der Waals surface area (Å²) in [5.74, 6) is 0. The Morgan fingerprint density at radius 1 is 1.14 bits per heavy atom. The molecule has 1 aliphatic rings. The Balaban J connectivity index is 0.000000791. The molecule has 0 saturated carbocycles. The van der Waals surface area contributed by atoms with Gasteiger partial charge in [-0.3, -0.25) is 0 Å². The molecule has 1 rings (SSSR count). The quantitative estimate of drug-likeness (QED) is 0.753. The van der Waals surface area contributed by atoms with Crippen LogP contribution in [0.1, 0.15) is 47.0 Å². The predicted molar refractivity (Wildman–Crippen MR) is 64.8 cm³/mol. The van der Waals surface area contributed by atoms with Crippen LogP contribution >= 0.6 is 0 Å². The molecule has 0 atom stereocenters.